The largest absolute Gasteiger partial charge is 0.296 e. The smallest absolute Gasteiger partial charge is 0.267 e. The lowest BCUT2D eigenvalue weighted by molar-refractivity contribution is -0.113. The molecule has 103 valence electrons. The summed E-state index contributed by atoms with van der Waals surface area (Å²) in [4.78, 5) is 28.3. The Labute approximate surface area is 134 Å². The van der Waals surface area contributed by atoms with Gasteiger partial charge in [0.2, 0.25) is 0 Å². The zero-order valence-electron chi connectivity index (χ0n) is 10.5. The van der Waals surface area contributed by atoms with Crippen LogP contribution in [0.4, 0.5) is 5.69 Å². The quantitative estimate of drug-likeness (QED) is 0.779. The third kappa shape index (κ3) is 2.75. The zero-order chi connectivity index (χ0) is 15.0. The van der Waals surface area contributed by atoms with E-state index in [2.05, 4.69) is 26.2 Å². The van der Waals surface area contributed by atoms with E-state index in [1.165, 1.54) is 0 Å². The van der Waals surface area contributed by atoms with Crippen LogP contribution in [0.15, 0.2) is 51.9 Å². The molecule has 1 heterocycles. The Morgan fingerprint density at radius 2 is 1.67 bits per heavy atom. The summed E-state index contributed by atoms with van der Waals surface area (Å²) in [6, 6.07) is 11.5. The van der Waals surface area contributed by atoms with Crippen molar-refractivity contribution in [1.29, 1.82) is 0 Å². The number of carbonyl (C=O) groups excluding carboxylic acids is 2. The van der Waals surface area contributed by atoms with Gasteiger partial charge in [-0.05, 0) is 30.3 Å². The number of halogens is 2. The van der Waals surface area contributed by atoms with Crippen LogP contribution in [-0.2, 0) is 4.79 Å². The van der Waals surface area contributed by atoms with Crippen molar-refractivity contribution in [2.24, 2.45) is 4.99 Å². The van der Waals surface area contributed by atoms with E-state index in [1.807, 2.05) is 0 Å². The SMILES string of the molecule is O=C1[N]c2ccc(Br)cc2C(=O)N=C1c1ccc(Cl)cc1. The second-order valence-corrected chi connectivity index (χ2v) is 5.70. The number of carbonyl (C=O) groups is 2. The number of fused-ring (bicyclic) bond motifs is 1. The van der Waals surface area contributed by atoms with Crippen LogP contribution in [0, 0.1) is 0 Å². The van der Waals surface area contributed by atoms with Crippen LogP contribution in [0.3, 0.4) is 0 Å². The van der Waals surface area contributed by atoms with Crippen molar-refractivity contribution in [2.75, 3.05) is 0 Å². The van der Waals surface area contributed by atoms with Crippen LogP contribution in [0.5, 0.6) is 0 Å². The Balaban J connectivity index is 2.09. The Kier molecular flexibility index (Phi) is 3.61. The second-order valence-electron chi connectivity index (χ2n) is 4.35. The summed E-state index contributed by atoms with van der Waals surface area (Å²) < 4.78 is 0.724. The lowest BCUT2D eigenvalue weighted by Gasteiger charge is -2.03. The fraction of sp³-hybridized carbons (Fsp3) is 0. The van der Waals surface area contributed by atoms with Gasteiger partial charge in [-0.15, -0.1) is 0 Å². The molecule has 0 saturated heterocycles. The molecule has 21 heavy (non-hydrogen) atoms. The van der Waals surface area contributed by atoms with Gasteiger partial charge in [-0.25, -0.2) is 10.3 Å². The van der Waals surface area contributed by atoms with Crippen LogP contribution in [-0.4, -0.2) is 17.5 Å². The third-order valence-corrected chi connectivity index (χ3v) is 3.69. The Bertz CT molecular complexity index is 785. The monoisotopic (exact) mass is 361 g/mol. The topological polar surface area (TPSA) is 60.6 Å². The van der Waals surface area contributed by atoms with E-state index in [4.69, 9.17) is 11.6 Å². The number of nitrogens with zero attached hydrogens (tertiary/aromatic N) is 2. The molecule has 2 aromatic rings. The van der Waals surface area contributed by atoms with Crippen molar-refractivity contribution in [3.05, 3.63) is 63.1 Å². The number of aliphatic imine (C=N–C) groups is 1. The lowest BCUT2D eigenvalue weighted by atomic mass is 10.1. The predicted molar refractivity (Wildman–Crippen MR) is 83.3 cm³/mol. The van der Waals surface area contributed by atoms with Crippen molar-refractivity contribution < 1.29 is 9.59 Å². The number of rotatable bonds is 1. The van der Waals surface area contributed by atoms with Crippen LogP contribution < -0.4 is 5.32 Å². The minimum Gasteiger partial charge on any atom is -0.267 e. The van der Waals surface area contributed by atoms with E-state index in [0.29, 0.717) is 21.8 Å². The molecule has 0 bridgehead atoms. The molecule has 0 fully saturated rings. The van der Waals surface area contributed by atoms with Gasteiger partial charge >= 0.3 is 0 Å². The standard InChI is InChI=1S/C15H7BrClN2O2/c16-9-3-6-12-11(7-9)14(20)19-13(15(21)18-12)8-1-4-10(17)5-2-8/h1-7H. The predicted octanol–water partition coefficient (Wildman–Crippen LogP) is 3.51. The van der Waals surface area contributed by atoms with E-state index in [1.54, 1.807) is 42.5 Å². The molecule has 2 amide bonds. The highest BCUT2D eigenvalue weighted by Gasteiger charge is 2.25. The molecule has 4 nitrogen and oxygen atoms in total. The molecule has 0 saturated carbocycles. The van der Waals surface area contributed by atoms with Gasteiger partial charge in [-0.1, -0.05) is 39.7 Å². The molecule has 0 aliphatic carbocycles. The van der Waals surface area contributed by atoms with E-state index >= 15 is 0 Å². The van der Waals surface area contributed by atoms with Gasteiger partial charge < -0.3 is 0 Å². The third-order valence-electron chi connectivity index (χ3n) is 2.94. The fourth-order valence-corrected chi connectivity index (χ4v) is 2.43. The molecule has 0 unspecified atom stereocenters. The van der Waals surface area contributed by atoms with Crippen LogP contribution >= 0.6 is 27.5 Å². The summed E-state index contributed by atoms with van der Waals surface area (Å²) >= 11 is 9.10. The average molecular weight is 363 g/mol. The van der Waals surface area contributed by atoms with Gasteiger partial charge in [0.1, 0.15) is 5.71 Å². The summed E-state index contributed by atoms with van der Waals surface area (Å²) in [5.74, 6) is -1.04. The minimum atomic E-state index is -0.549. The Morgan fingerprint density at radius 3 is 2.38 bits per heavy atom. The summed E-state index contributed by atoms with van der Waals surface area (Å²) in [6.07, 6.45) is 0. The Hall–Kier alpha value is -1.98. The molecule has 1 aliphatic rings. The second kappa shape index (κ2) is 5.42. The maximum absolute atomic E-state index is 12.2. The molecular formula is C15H7BrClN2O2. The Morgan fingerprint density at radius 1 is 0.952 bits per heavy atom. The molecule has 2 aromatic carbocycles. The lowest BCUT2D eigenvalue weighted by Crippen LogP contribution is -2.22. The summed E-state index contributed by atoms with van der Waals surface area (Å²) in [6.45, 7) is 0. The van der Waals surface area contributed by atoms with Crippen molar-refractivity contribution in [2.45, 2.75) is 0 Å². The van der Waals surface area contributed by atoms with Gasteiger partial charge in [0, 0.05) is 15.1 Å². The molecule has 0 aromatic heterocycles. The molecule has 0 N–H and O–H groups in total. The summed E-state index contributed by atoms with van der Waals surface area (Å²) in [5.41, 5.74) is 1.14. The molecular weight excluding hydrogens is 356 g/mol. The van der Waals surface area contributed by atoms with Gasteiger partial charge in [0.15, 0.2) is 0 Å². The van der Waals surface area contributed by atoms with Crippen molar-refractivity contribution in [3.8, 4) is 0 Å². The highest BCUT2D eigenvalue weighted by Crippen LogP contribution is 2.25. The van der Waals surface area contributed by atoms with E-state index < -0.39 is 11.8 Å². The van der Waals surface area contributed by atoms with Crippen molar-refractivity contribution in [3.63, 3.8) is 0 Å². The summed E-state index contributed by atoms with van der Waals surface area (Å²) in [5, 5.41) is 4.50. The number of benzene rings is 2. The van der Waals surface area contributed by atoms with E-state index in [-0.39, 0.29) is 5.71 Å². The molecule has 1 aliphatic heterocycles. The van der Waals surface area contributed by atoms with Gasteiger partial charge in [-0.3, -0.25) is 9.59 Å². The minimum absolute atomic E-state index is 0.0176. The van der Waals surface area contributed by atoms with Gasteiger partial charge in [-0.2, -0.15) is 0 Å². The van der Waals surface area contributed by atoms with Crippen LogP contribution in [0.2, 0.25) is 5.02 Å². The normalized spacial score (nSPS) is 14.1. The number of hydrogen-bond acceptors (Lipinski definition) is 2. The first-order valence-corrected chi connectivity index (χ1v) is 7.16. The highest BCUT2D eigenvalue weighted by molar-refractivity contribution is 9.10. The summed E-state index contributed by atoms with van der Waals surface area (Å²) in [7, 11) is 0. The van der Waals surface area contributed by atoms with Gasteiger partial charge in [0.05, 0.1) is 11.3 Å². The van der Waals surface area contributed by atoms with E-state index in [9.17, 15) is 9.59 Å². The molecule has 3 rings (SSSR count). The first kappa shape index (κ1) is 14.0. The average Bonchev–Trinajstić information content (AvgIpc) is 2.58. The zero-order valence-corrected chi connectivity index (χ0v) is 12.9. The van der Waals surface area contributed by atoms with Gasteiger partial charge in [0.25, 0.3) is 11.8 Å². The highest BCUT2D eigenvalue weighted by atomic mass is 79.9. The number of amides is 2. The van der Waals surface area contributed by atoms with Crippen molar-refractivity contribution in [1.82, 2.24) is 5.32 Å². The molecule has 0 atom stereocenters. The molecule has 0 spiro atoms. The fourth-order valence-electron chi connectivity index (χ4n) is 1.94. The maximum Gasteiger partial charge on any atom is 0.296 e. The maximum atomic E-state index is 12.2. The molecule has 6 heteroatoms. The first-order chi connectivity index (χ1) is 10.0. The first-order valence-electron chi connectivity index (χ1n) is 5.99. The number of hydrogen-bond donors (Lipinski definition) is 0. The molecule has 1 radical (unpaired) electrons. The van der Waals surface area contributed by atoms with E-state index in [0.717, 1.165) is 4.47 Å². The van der Waals surface area contributed by atoms with Crippen LogP contribution in [0.25, 0.3) is 0 Å². The van der Waals surface area contributed by atoms with Crippen LogP contribution in [0.1, 0.15) is 15.9 Å². The van der Waals surface area contributed by atoms with Crippen molar-refractivity contribution >= 4 is 50.7 Å².